The number of carboxylic acid groups (broad SMARTS) is 1. The van der Waals surface area contributed by atoms with Crippen LogP contribution in [0, 0.1) is 0 Å². The van der Waals surface area contributed by atoms with E-state index in [0.717, 1.165) is 0 Å². The van der Waals surface area contributed by atoms with E-state index in [9.17, 15) is 19.5 Å². The number of aliphatic hydroxyl groups excluding tert-OH is 1. The van der Waals surface area contributed by atoms with Crippen LogP contribution >= 0.6 is 12.6 Å². The number of aliphatic carboxylic acids is 1. The molecular weight excluding hydrogens is 350 g/mol. The van der Waals surface area contributed by atoms with Crippen molar-refractivity contribution in [2.45, 2.75) is 24.5 Å². The van der Waals surface area contributed by atoms with E-state index in [1.807, 2.05) is 0 Å². The predicted molar refractivity (Wildman–Crippen MR) is 92.2 cm³/mol. The molecule has 0 bridgehead atoms. The van der Waals surface area contributed by atoms with Crippen molar-refractivity contribution in [3.63, 3.8) is 0 Å². The number of carbonyl (C=O) groups excluding carboxylic acids is 2. The summed E-state index contributed by atoms with van der Waals surface area (Å²) in [5, 5.41) is 31.9. The number of aromatic hydroxyl groups is 1. The van der Waals surface area contributed by atoms with Crippen molar-refractivity contribution in [2.75, 3.05) is 12.4 Å². The molecule has 10 heteroatoms. The third kappa shape index (κ3) is 6.61. The van der Waals surface area contributed by atoms with Gasteiger partial charge in [0.1, 0.15) is 23.9 Å². The van der Waals surface area contributed by atoms with E-state index in [1.165, 1.54) is 12.1 Å². The highest BCUT2D eigenvalue weighted by molar-refractivity contribution is 7.80. The zero-order chi connectivity index (χ0) is 19.0. The number of rotatable bonds is 9. The normalized spacial score (nSPS) is 14.2. The molecule has 3 atom stereocenters. The van der Waals surface area contributed by atoms with Gasteiger partial charge in [0.15, 0.2) is 0 Å². The first-order valence-corrected chi connectivity index (χ1v) is 8.00. The number of amides is 2. The maximum absolute atomic E-state index is 12.4. The van der Waals surface area contributed by atoms with Crippen molar-refractivity contribution in [3.8, 4) is 5.75 Å². The second kappa shape index (κ2) is 9.87. The van der Waals surface area contributed by atoms with Crippen LogP contribution in [0.5, 0.6) is 5.75 Å². The highest BCUT2D eigenvalue weighted by Gasteiger charge is 2.27. The topological polar surface area (TPSA) is 162 Å². The Kier molecular flexibility index (Phi) is 8.19. The summed E-state index contributed by atoms with van der Waals surface area (Å²) < 4.78 is 0. The van der Waals surface area contributed by atoms with Gasteiger partial charge in [0.05, 0.1) is 6.61 Å². The van der Waals surface area contributed by atoms with Gasteiger partial charge in [-0.15, -0.1) is 0 Å². The number of nitrogens with one attached hydrogen (secondary N) is 2. The number of carbonyl (C=O) groups is 3. The second-order valence-corrected chi connectivity index (χ2v) is 5.67. The Labute approximate surface area is 149 Å². The van der Waals surface area contributed by atoms with Crippen molar-refractivity contribution < 1.29 is 29.7 Å². The first kappa shape index (κ1) is 20.7. The lowest BCUT2D eigenvalue weighted by Gasteiger charge is -2.22. The smallest absolute Gasteiger partial charge is 0.327 e. The standard InChI is InChI=1S/C15H21N3O6S/c16-10(6-19)13(21)17-11(5-8-1-3-9(20)4-2-8)14(22)18-12(7-25)15(23)24/h1-4,10-12,19-20,25H,5-7,16H2,(H,17,21)(H,18,22)(H,23,24). The number of hydrogen-bond donors (Lipinski definition) is 7. The van der Waals surface area contributed by atoms with E-state index in [2.05, 4.69) is 23.3 Å². The van der Waals surface area contributed by atoms with Crippen LogP contribution in [0.1, 0.15) is 5.56 Å². The minimum absolute atomic E-state index is 0.0366. The Bertz CT molecular complexity index is 610. The lowest BCUT2D eigenvalue weighted by molar-refractivity contribution is -0.141. The largest absolute Gasteiger partial charge is 0.508 e. The lowest BCUT2D eigenvalue weighted by Crippen LogP contribution is -2.56. The van der Waals surface area contributed by atoms with Crippen molar-refractivity contribution in [3.05, 3.63) is 29.8 Å². The van der Waals surface area contributed by atoms with Crippen LogP contribution in [0.25, 0.3) is 0 Å². The molecule has 7 N–H and O–H groups in total. The monoisotopic (exact) mass is 371 g/mol. The van der Waals surface area contributed by atoms with Gasteiger partial charge >= 0.3 is 5.97 Å². The summed E-state index contributed by atoms with van der Waals surface area (Å²) in [5.41, 5.74) is 6.04. The van der Waals surface area contributed by atoms with Gasteiger partial charge in [0, 0.05) is 12.2 Å². The summed E-state index contributed by atoms with van der Waals surface area (Å²) in [6.07, 6.45) is 0.0366. The van der Waals surface area contributed by atoms with E-state index in [0.29, 0.717) is 5.56 Å². The van der Waals surface area contributed by atoms with Crippen molar-refractivity contribution in [1.82, 2.24) is 10.6 Å². The van der Waals surface area contributed by atoms with Crippen molar-refractivity contribution in [1.29, 1.82) is 0 Å². The van der Waals surface area contributed by atoms with Gasteiger partial charge in [0.25, 0.3) is 0 Å². The molecule has 1 aromatic rings. The summed E-state index contributed by atoms with van der Waals surface area (Å²) in [5.74, 6) is -2.83. The van der Waals surface area contributed by atoms with Crippen LogP contribution in [-0.2, 0) is 20.8 Å². The summed E-state index contributed by atoms with van der Waals surface area (Å²) in [6, 6.07) is 2.40. The first-order chi connectivity index (χ1) is 11.8. The molecular formula is C15H21N3O6S. The molecule has 0 fully saturated rings. The zero-order valence-corrected chi connectivity index (χ0v) is 14.1. The molecule has 9 nitrogen and oxygen atoms in total. The van der Waals surface area contributed by atoms with E-state index in [1.54, 1.807) is 12.1 Å². The number of hydrogen-bond acceptors (Lipinski definition) is 7. The first-order valence-electron chi connectivity index (χ1n) is 7.37. The van der Waals surface area contributed by atoms with E-state index in [4.69, 9.17) is 15.9 Å². The highest BCUT2D eigenvalue weighted by Crippen LogP contribution is 2.11. The van der Waals surface area contributed by atoms with Crippen LogP contribution in [0.3, 0.4) is 0 Å². The van der Waals surface area contributed by atoms with Crippen LogP contribution in [0.2, 0.25) is 0 Å². The second-order valence-electron chi connectivity index (χ2n) is 5.30. The number of aliphatic hydroxyl groups is 1. The minimum atomic E-state index is -1.26. The lowest BCUT2D eigenvalue weighted by atomic mass is 10.0. The van der Waals surface area contributed by atoms with Gasteiger partial charge in [-0.1, -0.05) is 12.1 Å². The number of carboxylic acids is 1. The molecule has 0 aliphatic carbocycles. The Balaban J connectivity index is 2.92. The Hall–Kier alpha value is -2.30. The fourth-order valence-corrected chi connectivity index (χ4v) is 2.14. The van der Waals surface area contributed by atoms with Gasteiger partial charge in [-0.05, 0) is 17.7 Å². The molecule has 0 aliphatic rings. The molecule has 0 saturated carbocycles. The quantitative estimate of drug-likeness (QED) is 0.253. The van der Waals surface area contributed by atoms with Gasteiger partial charge in [-0.3, -0.25) is 9.59 Å². The summed E-state index contributed by atoms with van der Waals surface area (Å²) in [6.45, 7) is -0.603. The fourth-order valence-electron chi connectivity index (χ4n) is 1.90. The number of phenolic OH excluding ortho intramolecular Hbond substituents is 1. The predicted octanol–water partition coefficient (Wildman–Crippen LogP) is -1.76. The molecule has 0 heterocycles. The van der Waals surface area contributed by atoms with Crippen LogP contribution in [-0.4, -0.2) is 63.6 Å². The third-order valence-corrected chi connectivity index (χ3v) is 3.70. The maximum atomic E-state index is 12.4. The number of benzene rings is 1. The fraction of sp³-hybridized carbons (Fsp3) is 0.400. The Morgan fingerprint density at radius 3 is 2.12 bits per heavy atom. The molecule has 2 amide bonds. The van der Waals surface area contributed by atoms with E-state index < -0.39 is 42.5 Å². The molecule has 138 valence electrons. The molecule has 0 aliphatic heterocycles. The molecule has 0 aromatic heterocycles. The minimum Gasteiger partial charge on any atom is -0.508 e. The molecule has 1 rings (SSSR count). The number of nitrogens with two attached hydrogens (primary N) is 1. The molecule has 25 heavy (non-hydrogen) atoms. The molecule has 1 aromatic carbocycles. The molecule has 0 spiro atoms. The van der Waals surface area contributed by atoms with E-state index >= 15 is 0 Å². The van der Waals surface area contributed by atoms with Gasteiger partial charge < -0.3 is 31.7 Å². The average molecular weight is 371 g/mol. The van der Waals surface area contributed by atoms with Crippen LogP contribution in [0.15, 0.2) is 24.3 Å². The summed E-state index contributed by atoms with van der Waals surface area (Å²) >= 11 is 3.86. The molecule has 0 radical (unpaired) electrons. The summed E-state index contributed by atoms with van der Waals surface area (Å²) in [4.78, 5) is 35.3. The Morgan fingerprint density at radius 1 is 1.08 bits per heavy atom. The third-order valence-electron chi connectivity index (χ3n) is 3.34. The van der Waals surface area contributed by atoms with Crippen molar-refractivity contribution >= 4 is 30.4 Å². The SMILES string of the molecule is NC(CO)C(=O)NC(Cc1ccc(O)cc1)C(=O)NC(CS)C(=O)O. The summed E-state index contributed by atoms with van der Waals surface area (Å²) in [7, 11) is 0. The average Bonchev–Trinajstić information content (AvgIpc) is 2.59. The Morgan fingerprint density at radius 2 is 1.64 bits per heavy atom. The number of phenols is 1. The van der Waals surface area contributed by atoms with Crippen molar-refractivity contribution in [2.24, 2.45) is 5.73 Å². The van der Waals surface area contributed by atoms with Gasteiger partial charge in [0.2, 0.25) is 11.8 Å². The van der Waals surface area contributed by atoms with Gasteiger partial charge in [-0.25, -0.2) is 4.79 Å². The van der Waals surface area contributed by atoms with Crippen LogP contribution in [0.4, 0.5) is 0 Å². The molecule has 3 unspecified atom stereocenters. The zero-order valence-electron chi connectivity index (χ0n) is 13.3. The van der Waals surface area contributed by atoms with E-state index in [-0.39, 0.29) is 17.9 Å². The maximum Gasteiger partial charge on any atom is 0.327 e. The van der Waals surface area contributed by atoms with Gasteiger partial charge in [-0.2, -0.15) is 12.6 Å². The highest BCUT2D eigenvalue weighted by atomic mass is 32.1. The number of thiol groups is 1. The van der Waals surface area contributed by atoms with Crippen LogP contribution < -0.4 is 16.4 Å². The molecule has 0 saturated heterocycles.